The average Bonchev–Trinajstić information content (AvgIpc) is 3.22. The van der Waals surface area contributed by atoms with E-state index in [1.807, 2.05) is 19.6 Å². The molecule has 1 saturated heterocycles. The van der Waals surface area contributed by atoms with E-state index in [1.54, 1.807) is 11.3 Å². The van der Waals surface area contributed by atoms with E-state index in [9.17, 15) is 0 Å². The zero-order valence-corrected chi connectivity index (χ0v) is 16.4. The Morgan fingerprint density at radius 3 is 2.92 bits per heavy atom. The fourth-order valence-corrected chi connectivity index (χ4v) is 4.46. The van der Waals surface area contributed by atoms with E-state index in [0.717, 1.165) is 49.1 Å². The highest BCUT2D eigenvalue weighted by atomic mass is 32.1. The van der Waals surface area contributed by atoms with Gasteiger partial charge >= 0.3 is 0 Å². The molecule has 0 aromatic carbocycles. The van der Waals surface area contributed by atoms with Gasteiger partial charge in [0.25, 0.3) is 0 Å². The second-order valence-electron chi connectivity index (χ2n) is 6.75. The molecule has 0 bridgehead atoms. The van der Waals surface area contributed by atoms with Crippen molar-refractivity contribution in [2.45, 2.75) is 39.7 Å². The Morgan fingerprint density at radius 2 is 2.28 bits per heavy atom. The lowest BCUT2D eigenvalue weighted by atomic mass is 9.93. The molecule has 0 radical (unpaired) electrons. The van der Waals surface area contributed by atoms with E-state index in [2.05, 4.69) is 56.7 Å². The van der Waals surface area contributed by atoms with Crippen LogP contribution in [0, 0.1) is 19.8 Å². The Kier molecular flexibility index (Phi) is 5.73. The number of piperidine rings is 1. The van der Waals surface area contributed by atoms with Crippen LogP contribution in [-0.2, 0) is 6.42 Å². The summed E-state index contributed by atoms with van der Waals surface area (Å²) in [5.74, 6) is 1.64. The molecule has 2 aromatic rings. The van der Waals surface area contributed by atoms with Gasteiger partial charge in [-0.25, -0.2) is 9.97 Å². The quantitative estimate of drug-likeness (QED) is 0.673. The zero-order chi connectivity index (χ0) is 17.8. The second-order valence-corrected chi connectivity index (χ2v) is 8.04. The molecule has 1 N–H and O–H groups in total. The third kappa shape index (κ3) is 4.21. The van der Waals surface area contributed by atoms with Crippen molar-refractivity contribution in [2.75, 3.05) is 26.7 Å². The number of hydrogen-bond donors (Lipinski definition) is 1. The number of likely N-dealkylation sites (tertiary alicyclic amines) is 1. The van der Waals surface area contributed by atoms with Crippen molar-refractivity contribution in [1.29, 1.82) is 0 Å². The number of aliphatic imine (C=N–C) groups is 1. The lowest BCUT2D eigenvalue weighted by molar-refractivity contribution is 0.189. The standard InChI is InChI=1S/C18H28N6S/c1-13-6-9-23(11-16(13)24-10-8-20-12-24)18(19-4)21-7-5-17-14(2)22-15(3)25-17/h8,10,12-13,16H,5-7,9,11H2,1-4H3,(H,19,21). The molecule has 1 fully saturated rings. The van der Waals surface area contributed by atoms with Gasteiger partial charge in [-0.05, 0) is 26.2 Å². The minimum absolute atomic E-state index is 0.446. The topological polar surface area (TPSA) is 58.3 Å². The summed E-state index contributed by atoms with van der Waals surface area (Å²) in [6, 6.07) is 0.446. The first-order valence-corrected chi connectivity index (χ1v) is 9.76. The largest absolute Gasteiger partial charge is 0.356 e. The van der Waals surface area contributed by atoms with Crippen molar-refractivity contribution in [3.05, 3.63) is 34.3 Å². The van der Waals surface area contributed by atoms with Gasteiger partial charge in [-0.15, -0.1) is 11.3 Å². The second kappa shape index (κ2) is 7.99. The van der Waals surface area contributed by atoms with Gasteiger partial charge < -0.3 is 14.8 Å². The van der Waals surface area contributed by atoms with E-state index in [-0.39, 0.29) is 0 Å². The van der Waals surface area contributed by atoms with Crippen molar-refractivity contribution in [3.8, 4) is 0 Å². The monoisotopic (exact) mass is 360 g/mol. The highest BCUT2D eigenvalue weighted by Gasteiger charge is 2.28. The number of rotatable bonds is 4. The molecule has 25 heavy (non-hydrogen) atoms. The molecule has 1 aliphatic rings. The van der Waals surface area contributed by atoms with Gasteiger partial charge in [0, 0.05) is 50.4 Å². The van der Waals surface area contributed by atoms with Crippen LogP contribution in [0.2, 0.25) is 0 Å². The van der Waals surface area contributed by atoms with Gasteiger partial charge in [0.15, 0.2) is 5.96 Å². The zero-order valence-electron chi connectivity index (χ0n) is 15.6. The lowest BCUT2D eigenvalue weighted by Gasteiger charge is -2.39. The van der Waals surface area contributed by atoms with Crippen molar-refractivity contribution >= 4 is 17.3 Å². The molecule has 3 rings (SSSR count). The molecule has 6 nitrogen and oxygen atoms in total. The molecule has 7 heteroatoms. The van der Waals surface area contributed by atoms with Crippen LogP contribution in [0.25, 0.3) is 0 Å². The number of nitrogens with one attached hydrogen (secondary N) is 1. The molecule has 2 unspecified atom stereocenters. The fraction of sp³-hybridized carbons (Fsp3) is 0.611. The van der Waals surface area contributed by atoms with Crippen molar-refractivity contribution < 1.29 is 0 Å². The Morgan fingerprint density at radius 1 is 1.44 bits per heavy atom. The van der Waals surface area contributed by atoms with Crippen LogP contribution in [0.4, 0.5) is 0 Å². The lowest BCUT2D eigenvalue weighted by Crippen LogP contribution is -2.49. The maximum Gasteiger partial charge on any atom is 0.193 e. The average molecular weight is 361 g/mol. The number of aryl methyl sites for hydroxylation is 2. The maximum absolute atomic E-state index is 4.51. The first-order valence-electron chi connectivity index (χ1n) is 8.94. The smallest absolute Gasteiger partial charge is 0.193 e. The van der Waals surface area contributed by atoms with Crippen molar-refractivity contribution in [3.63, 3.8) is 0 Å². The SMILES string of the molecule is CN=C(NCCc1sc(C)nc1C)N1CCC(C)C(n2ccnc2)C1. The summed E-state index contributed by atoms with van der Waals surface area (Å²) in [4.78, 5) is 17.0. The highest BCUT2D eigenvalue weighted by molar-refractivity contribution is 7.11. The highest BCUT2D eigenvalue weighted by Crippen LogP contribution is 2.27. The van der Waals surface area contributed by atoms with E-state index in [0.29, 0.717) is 12.0 Å². The van der Waals surface area contributed by atoms with Gasteiger partial charge in [-0.1, -0.05) is 6.92 Å². The number of aromatic nitrogens is 3. The van der Waals surface area contributed by atoms with Gasteiger partial charge in [0.2, 0.25) is 0 Å². The van der Waals surface area contributed by atoms with Crippen LogP contribution in [0.3, 0.4) is 0 Å². The Hall–Kier alpha value is -1.89. The van der Waals surface area contributed by atoms with Gasteiger partial charge in [-0.2, -0.15) is 0 Å². The van der Waals surface area contributed by atoms with Crippen molar-refractivity contribution in [2.24, 2.45) is 10.9 Å². The fourth-order valence-electron chi connectivity index (χ4n) is 3.52. The molecule has 2 aromatic heterocycles. The van der Waals surface area contributed by atoms with Crippen LogP contribution in [0.15, 0.2) is 23.7 Å². The summed E-state index contributed by atoms with van der Waals surface area (Å²) in [6.07, 6.45) is 8.01. The maximum atomic E-state index is 4.51. The Bertz CT molecular complexity index is 705. The first kappa shape index (κ1) is 17.9. The van der Waals surface area contributed by atoms with E-state index in [4.69, 9.17) is 0 Å². The number of nitrogens with zero attached hydrogens (tertiary/aromatic N) is 5. The van der Waals surface area contributed by atoms with Crippen LogP contribution >= 0.6 is 11.3 Å². The third-order valence-electron chi connectivity index (χ3n) is 4.97. The molecular formula is C18H28N6S. The van der Waals surface area contributed by atoms with Gasteiger partial charge in [0.1, 0.15) is 0 Å². The molecular weight excluding hydrogens is 332 g/mol. The predicted octanol–water partition coefficient (Wildman–Crippen LogP) is 2.66. The Balaban J connectivity index is 1.58. The summed E-state index contributed by atoms with van der Waals surface area (Å²) in [5, 5.41) is 4.68. The molecule has 0 amide bonds. The van der Waals surface area contributed by atoms with Crippen LogP contribution in [0.5, 0.6) is 0 Å². The minimum Gasteiger partial charge on any atom is -0.356 e. The molecule has 136 valence electrons. The number of guanidine groups is 1. The predicted molar refractivity (Wildman–Crippen MR) is 103 cm³/mol. The van der Waals surface area contributed by atoms with Crippen LogP contribution in [0.1, 0.15) is 35.0 Å². The van der Waals surface area contributed by atoms with Crippen LogP contribution < -0.4 is 5.32 Å². The molecule has 2 atom stereocenters. The normalized spacial score (nSPS) is 21.6. The summed E-state index contributed by atoms with van der Waals surface area (Å²) in [7, 11) is 1.87. The van der Waals surface area contributed by atoms with E-state index >= 15 is 0 Å². The van der Waals surface area contributed by atoms with E-state index in [1.165, 1.54) is 4.88 Å². The third-order valence-corrected chi connectivity index (χ3v) is 6.11. The summed E-state index contributed by atoms with van der Waals surface area (Å²) in [6.45, 7) is 9.39. The summed E-state index contributed by atoms with van der Waals surface area (Å²) >= 11 is 1.79. The molecule has 0 aliphatic carbocycles. The summed E-state index contributed by atoms with van der Waals surface area (Å²) in [5.41, 5.74) is 1.16. The Labute approximate surface area is 154 Å². The molecule has 0 spiro atoms. The van der Waals surface area contributed by atoms with Gasteiger partial charge in [-0.3, -0.25) is 4.99 Å². The molecule has 1 aliphatic heterocycles. The minimum atomic E-state index is 0.446. The van der Waals surface area contributed by atoms with E-state index < -0.39 is 0 Å². The summed E-state index contributed by atoms with van der Waals surface area (Å²) < 4.78 is 2.23. The van der Waals surface area contributed by atoms with Gasteiger partial charge in [0.05, 0.1) is 23.1 Å². The van der Waals surface area contributed by atoms with Crippen LogP contribution in [-0.4, -0.2) is 52.1 Å². The first-order chi connectivity index (χ1) is 12.1. The number of thiazole rings is 1. The van der Waals surface area contributed by atoms with Crippen molar-refractivity contribution in [1.82, 2.24) is 24.8 Å². The number of imidazole rings is 1. The molecule has 0 saturated carbocycles. The number of hydrogen-bond acceptors (Lipinski definition) is 4. The molecule has 3 heterocycles.